The average molecular weight is 327 g/mol. The molecule has 0 amide bonds. The molecule has 1 aromatic carbocycles. The van der Waals surface area contributed by atoms with E-state index in [1.165, 1.54) is 18.2 Å². The second-order valence-corrected chi connectivity index (χ2v) is 7.90. The second kappa shape index (κ2) is 7.11. The Hall–Kier alpha value is -1.31. The number of aliphatic carboxylic acids is 1. The summed E-state index contributed by atoms with van der Waals surface area (Å²) in [5.74, 6) is 0.0548. The van der Waals surface area contributed by atoms with E-state index in [0.717, 1.165) is 24.7 Å². The molecule has 0 spiro atoms. The second-order valence-electron chi connectivity index (χ2n) is 4.73. The highest BCUT2D eigenvalue weighted by Gasteiger charge is 2.19. The van der Waals surface area contributed by atoms with E-state index in [0.29, 0.717) is 17.4 Å². The molecule has 7 heteroatoms. The molecule has 0 aromatic heterocycles. The van der Waals surface area contributed by atoms with E-state index in [4.69, 9.17) is 5.11 Å². The highest BCUT2D eigenvalue weighted by Crippen LogP contribution is 2.25. The molecular formula is C14H17NO4S2. The van der Waals surface area contributed by atoms with Crippen LogP contribution < -0.4 is 4.72 Å². The van der Waals surface area contributed by atoms with Crippen LogP contribution in [0.3, 0.4) is 0 Å². The predicted octanol–water partition coefficient (Wildman–Crippen LogP) is 1.96. The van der Waals surface area contributed by atoms with Crippen LogP contribution in [0.2, 0.25) is 0 Å². The zero-order valence-corrected chi connectivity index (χ0v) is 13.0. The number of hydrogen-bond acceptors (Lipinski definition) is 4. The van der Waals surface area contributed by atoms with Crippen LogP contribution >= 0.6 is 11.8 Å². The lowest BCUT2D eigenvalue weighted by Crippen LogP contribution is -2.29. The third-order valence-corrected chi connectivity index (χ3v) is 5.97. The summed E-state index contributed by atoms with van der Waals surface area (Å²) >= 11 is 1.80. The Morgan fingerprint density at radius 1 is 1.38 bits per heavy atom. The largest absolute Gasteiger partial charge is 0.478 e. The van der Waals surface area contributed by atoms with Gasteiger partial charge in [0, 0.05) is 17.9 Å². The lowest BCUT2D eigenvalue weighted by Gasteiger charge is -2.11. The number of thioether (sulfide) groups is 1. The van der Waals surface area contributed by atoms with E-state index < -0.39 is 16.0 Å². The van der Waals surface area contributed by atoms with E-state index in [-0.39, 0.29) is 4.90 Å². The number of carbonyl (C=O) groups is 1. The lowest BCUT2D eigenvalue weighted by atomic mass is 10.2. The molecule has 2 rings (SSSR count). The van der Waals surface area contributed by atoms with Gasteiger partial charge in [-0.3, -0.25) is 0 Å². The maximum atomic E-state index is 12.1. The summed E-state index contributed by atoms with van der Waals surface area (Å²) < 4.78 is 26.9. The first-order chi connectivity index (χ1) is 9.97. The van der Waals surface area contributed by atoms with Gasteiger partial charge >= 0.3 is 5.97 Å². The minimum atomic E-state index is -3.50. The van der Waals surface area contributed by atoms with Crippen molar-refractivity contribution in [3.8, 4) is 0 Å². The third kappa shape index (κ3) is 4.87. The highest BCUT2D eigenvalue weighted by atomic mass is 32.2. The Labute approximate surface area is 128 Å². The topological polar surface area (TPSA) is 83.5 Å². The van der Waals surface area contributed by atoms with Crippen LogP contribution in [0.1, 0.15) is 18.4 Å². The van der Waals surface area contributed by atoms with E-state index in [2.05, 4.69) is 4.72 Å². The van der Waals surface area contributed by atoms with Crippen LogP contribution in [0.15, 0.2) is 35.2 Å². The van der Waals surface area contributed by atoms with Gasteiger partial charge in [0.2, 0.25) is 10.0 Å². The van der Waals surface area contributed by atoms with E-state index >= 15 is 0 Å². The van der Waals surface area contributed by atoms with Crippen molar-refractivity contribution in [3.63, 3.8) is 0 Å². The van der Waals surface area contributed by atoms with Gasteiger partial charge in [0.15, 0.2) is 0 Å². The normalized spacial score (nSPS) is 19.1. The molecule has 114 valence electrons. The van der Waals surface area contributed by atoms with Gasteiger partial charge in [-0.1, -0.05) is 12.1 Å². The Morgan fingerprint density at radius 3 is 2.67 bits per heavy atom. The molecular weight excluding hydrogens is 310 g/mol. The van der Waals surface area contributed by atoms with Crippen molar-refractivity contribution in [3.05, 3.63) is 35.9 Å². The van der Waals surface area contributed by atoms with Crippen molar-refractivity contribution >= 4 is 33.8 Å². The fraction of sp³-hybridized carbons (Fsp3) is 0.357. The van der Waals surface area contributed by atoms with Crippen LogP contribution in [0.25, 0.3) is 6.08 Å². The van der Waals surface area contributed by atoms with Gasteiger partial charge < -0.3 is 5.11 Å². The summed E-state index contributed by atoms with van der Waals surface area (Å²) in [5.41, 5.74) is 0.641. The maximum absolute atomic E-state index is 12.1. The first-order valence-electron chi connectivity index (χ1n) is 6.60. The van der Waals surface area contributed by atoms with E-state index in [9.17, 15) is 13.2 Å². The predicted molar refractivity (Wildman–Crippen MR) is 83.8 cm³/mol. The molecule has 0 saturated carbocycles. The minimum Gasteiger partial charge on any atom is -0.478 e. The Kier molecular flexibility index (Phi) is 5.44. The lowest BCUT2D eigenvalue weighted by molar-refractivity contribution is -0.131. The summed E-state index contributed by atoms with van der Waals surface area (Å²) in [6.07, 6.45) is 4.62. The number of carboxylic acid groups (broad SMARTS) is 1. The van der Waals surface area contributed by atoms with Crippen LogP contribution in [-0.2, 0) is 14.8 Å². The van der Waals surface area contributed by atoms with Gasteiger partial charge in [-0.15, -0.1) is 0 Å². The molecule has 0 radical (unpaired) electrons. The molecule has 1 aliphatic rings. The molecule has 1 fully saturated rings. The summed E-state index contributed by atoms with van der Waals surface area (Å²) in [4.78, 5) is 10.6. The molecule has 1 saturated heterocycles. The fourth-order valence-electron chi connectivity index (χ4n) is 2.02. The zero-order chi connectivity index (χ0) is 15.3. The molecule has 1 unspecified atom stereocenters. The van der Waals surface area contributed by atoms with Crippen LogP contribution in [0, 0.1) is 0 Å². The summed E-state index contributed by atoms with van der Waals surface area (Å²) in [5, 5.41) is 8.90. The van der Waals surface area contributed by atoms with Crippen molar-refractivity contribution in [1.82, 2.24) is 4.72 Å². The van der Waals surface area contributed by atoms with Gasteiger partial charge in [0.1, 0.15) is 0 Å². The van der Waals surface area contributed by atoms with Gasteiger partial charge in [-0.05, 0) is 42.4 Å². The summed E-state index contributed by atoms with van der Waals surface area (Å²) in [7, 11) is -3.50. The number of rotatable bonds is 6. The standard InChI is InChI=1S/C14H17NO4S2/c16-14(17)8-5-11-3-6-13(7-4-11)21(18,19)15-10-12-2-1-9-20-12/h3-8,12,15H,1-2,9-10H2,(H,16,17)/b8-5+. The smallest absolute Gasteiger partial charge is 0.328 e. The minimum absolute atomic E-state index is 0.193. The van der Waals surface area contributed by atoms with Gasteiger partial charge in [-0.2, -0.15) is 11.8 Å². The first-order valence-corrected chi connectivity index (χ1v) is 9.13. The Balaban J connectivity index is 2.00. The summed E-state index contributed by atoms with van der Waals surface area (Å²) in [6.45, 7) is 0.452. The number of benzene rings is 1. The maximum Gasteiger partial charge on any atom is 0.328 e. The molecule has 0 aliphatic carbocycles. The molecule has 1 atom stereocenters. The van der Waals surface area contributed by atoms with Crippen molar-refractivity contribution in [2.24, 2.45) is 0 Å². The molecule has 5 nitrogen and oxygen atoms in total. The third-order valence-electron chi connectivity index (χ3n) is 3.13. The van der Waals surface area contributed by atoms with Crippen LogP contribution in [0.4, 0.5) is 0 Å². The summed E-state index contributed by atoms with van der Waals surface area (Å²) in [6, 6.07) is 6.12. The quantitative estimate of drug-likeness (QED) is 0.780. The van der Waals surface area contributed by atoms with Crippen LogP contribution in [-0.4, -0.2) is 37.0 Å². The van der Waals surface area contributed by atoms with Gasteiger partial charge in [-0.25, -0.2) is 17.9 Å². The number of hydrogen-bond donors (Lipinski definition) is 2. The monoisotopic (exact) mass is 327 g/mol. The number of sulfonamides is 1. The molecule has 21 heavy (non-hydrogen) atoms. The number of nitrogens with one attached hydrogen (secondary N) is 1. The first kappa shape index (κ1) is 16.1. The van der Waals surface area contributed by atoms with Crippen molar-refractivity contribution in [2.75, 3.05) is 12.3 Å². The van der Waals surface area contributed by atoms with Crippen molar-refractivity contribution in [1.29, 1.82) is 0 Å². The Morgan fingerprint density at radius 2 is 2.10 bits per heavy atom. The SMILES string of the molecule is O=C(O)/C=C/c1ccc(S(=O)(=O)NCC2CCCS2)cc1. The van der Waals surface area contributed by atoms with Gasteiger partial charge in [0.05, 0.1) is 4.90 Å². The zero-order valence-electron chi connectivity index (χ0n) is 11.4. The molecule has 1 aromatic rings. The van der Waals surface area contributed by atoms with Crippen LogP contribution in [0.5, 0.6) is 0 Å². The van der Waals surface area contributed by atoms with E-state index in [1.54, 1.807) is 23.9 Å². The Bertz CT molecular complexity index is 617. The van der Waals surface area contributed by atoms with E-state index in [1.807, 2.05) is 0 Å². The molecule has 0 bridgehead atoms. The van der Waals surface area contributed by atoms with Crippen molar-refractivity contribution < 1.29 is 18.3 Å². The number of carboxylic acids is 1. The molecule has 2 N–H and O–H groups in total. The average Bonchev–Trinajstić information content (AvgIpc) is 2.97. The van der Waals surface area contributed by atoms with Gasteiger partial charge in [0.25, 0.3) is 0 Å². The van der Waals surface area contributed by atoms with Crippen molar-refractivity contribution in [2.45, 2.75) is 23.0 Å². The molecule has 1 aliphatic heterocycles. The highest BCUT2D eigenvalue weighted by molar-refractivity contribution is 8.00. The fourth-order valence-corrected chi connectivity index (χ4v) is 4.41. The molecule has 1 heterocycles.